The lowest BCUT2D eigenvalue weighted by Crippen LogP contribution is -2.08. The minimum absolute atomic E-state index is 0.0510. The topological polar surface area (TPSA) is 60.8 Å². The van der Waals surface area contributed by atoms with E-state index in [-0.39, 0.29) is 5.92 Å². The highest BCUT2D eigenvalue weighted by molar-refractivity contribution is 6.43. The van der Waals surface area contributed by atoms with Gasteiger partial charge < -0.3 is 19.2 Å². The maximum atomic E-state index is 14.7. The first-order valence-corrected chi connectivity index (χ1v) is 8.30. The molecule has 0 aliphatic carbocycles. The van der Waals surface area contributed by atoms with Crippen molar-refractivity contribution >= 4 is 7.12 Å². The van der Waals surface area contributed by atoms with E-state index in [1.165, 1.54) is 13.2 Å². The van der Waals surface area contributed by atoms with Crippen LogP contribution in [0.5, 0.6) is 11.5 Å². The first-order valence-electron chi connectivity index (χ1n) is 8.30. The smallest absolute Gasteiger partial charge is 0.454 e. The van der Waals surface area contributed by atoms with Gasteiger partial charge in [0.2, 0.25) is 0 Å². The van der Waals surface area contributed by atoms with Gasteiger partial charge in [-0.25, -0.2) is 4.39 Å². The van der Waals surface area contributed by atoms with Crippen LogP contribution in [0.2, 0.25) is 6.32 Å². The fourth-order valence-electron chi connectivity index (χ4n) is 3.22. The molecule has 132 valence electrons. The Morgan fingerprint density at radius 3 is 2.76 bits per heavy atom. The van der Waals surface area contributed by atoms with Gasteiger partial charge >= 0.3 is 7.12 Å². The Morgan fingerprint density at radius 1 is 1.32 bits per heavy atom. The molecule has 3 rings (SSSR count). The molecule has 0 bridgehead atoms. The van der Waals surface area contributed by atoms with Crippen LogP contribution in [-0.4, -0.2) is 37.4 Å². The van der Waals surface area contributed by atoms with E-state index >= 15 is 0 Å². The number of benzene rings is 1. The van der Waals surface area contributed by atoms with Crippen LogP contribution in [0, 0.1) is 12.7 Å². The molecule has 1 aliphatic rings. The van der Waals surface area contributed by atoms with Crippen LogP contribution < -0.4 is 9.47 Å². The molecule has 0 spiro atoms. The van der Waals surface area contributed by atoms with E-state index < -0.39 is 12.9 Å². The van der Waals surface area contributed by atoms with E-state index in [9.17, 15) is 9.41 Å². The number of hydrogen-bond donors (Lipinski definition) is 1. The molecule has 1 saturated heterocycles. The molecule has 1 atom stereocenters. The molecule has 1 fully saturated rings. The van der Waals surface area contributed by atoms with Gasteiger partial charge in [0.05, 0.1) is 13.7 Å². The lowest BCUT2D eigenvalue weighted by atomic mass is 9.78. The first kappa shape index (κ1) is 17.7. The molecule has 7 heteroatoms. The minimum atomic E-state index is -0.754. The Balaban J connectivity index is 2.06. The third-order valence-electron chi connectivity index (χ3n) is 4.51. The quantitative estimate of drug-likeness (QED) is 0.844. The number of nitrogens with zero attached hydrogens (tertiary/aromatic N) is 1. The van der Waals surface area contributed by atoms with Gasteiger partial charge in [-0.3, -0.25) is 4.98 Å². The monoisotopic (exact) mass is 345 g/mol. The Kier molecular flexibility index (Phi) is 5.25. The number of methoxy groups -OCH3 is 1. The summed E-state index contributed by atoms with van der Waals surface area (Å²) in [6, 6.07) is 2.97. The Morgan fingerprint density at radius 2 is 2.12 bits per heavy atom. The molecular formula is C18H21BFNO4. The normalized spacial score (nSPS) is 17.0. The van der Waals surface area contributed by atoms with Crippen molar-refractivity contribution in [2.24, 2.45) is 0 Å². The predicted octanol–water partition coefficient (Wildman–Crippen LogP) is 3.20. The summed E-state index contributed by atoms with van der Waals surface area (Å²) in [7, 11) is 0.728. The van der Waals surface area contributed by atoms with Crippen LogP contribution in [0.1, 0.15) is 24.0 Å². The highest BCUT2D eigenvalue weighted by Gasteiger charge is 2.31. The largest absolute Gasteiger partial charge is 0.493 e. The molecule has 1 aromatic heterocycles. The summed E-state index contributed by atoms with van der Waals surface area (Å²) >= 11 is 0. The summed E-state index contributed by atoms with van der Waals surface area (Å²) in [6.45, 7) is 4.68. The zero-order valence-electron chi connectivity index (χ0n) is 14.6. The molecule has 0 radical (unpaired) electrons. The van der Waals surface area contributed by atoms with Crippen molar-refractivity contribution in [3.63, 3.8) is 0 Å². The third kappa shape index (κ3) is 3.48. The fraction of sp³-hybridized carbons (Fsp3) is 0.389. The molecule has 1 aromatic carbocycles. The molecular weight excluding hydrogens is 324 g/mol. The SMILES string of the molecule is CCOc1cc(-c2cncc([C@H]3COB(O)C3)c2C)c(F)cc1OC. The number of rotatable bonds is 5. The standard InChI is InChI=1S/C18H21BFNO4/c1-4-24-18-5-13(16(20)6-17(18)23-3)15-9-21-8-14(11(15)2)12-7-19(22)25-10-12/h5-6,8-9,12,22H,4,7,10H2,1-3H3/t12-/m1/s1. The molecule has 1 N–H and O–H groups in total. The van der Waals surface area contributed by atoms with Crippen LogP contribution in [0.15, 0.2) is 24.5 Å². The lowest BCUT2D eigenvalue weighted by Gasteiger charge is -2.17. The van der Waals surface area contributed by atoms with Crippen LogP contribution in [0.4, 0.5) is 4.39 Å². The highest BCUT2D eigenvalue weighted by Crippen LogP contribution is 2.38. The fourth-order valence-corrected chi connectivity index (χ4v) is 3.22. The van der Waals surface area contributed by atoms with Crippen molar-refractivity contribution < 1.29 is 23.5 Å². The second-order valence-electron chi connectivity index (χ2n) is 6.04. The van der Waals surface area contributed by atoms with E-state index in [1.54, 1.807) is 18.5 Å². The molecule has 0 saturated carbocycles. The van der Waals surface area contributed by atoms with Gasteiger partial charge in [0, 0.05) is 42.1 Å². The summed E-state index contributed by atoms with van der Waals surface area (Å²) in [5, 5.41) is 9.60. The van der Waals surface area contributed by atoms with E-state index in [2.05, 4.69) is 4.98 Å². The summed E-state index contributed by atoms with van der Waals surface area (Å²) in [5.41, 5.74) is 2.99. The molecule has 25 heavy (non-hydrogen) atoms. The number of aromatic nitrogens is 1. The van der Waals surface area contributed by atoms with Crippen molar-refractivity contribution in [1.29, 1.82) is 0 Å². The van der Waals surface area contributed by atoms with Crippen LogP contribution in [-0.2, 0) is 4.65 Å². The Labute approximate surface area is 146 Å². The molecule has 0 unspecified atom stereocenters. The molecule has 5 nitrogen and oxygen atoms in total. The molecule has 0 amide bonds. The van der Waals surface area contributed by atoms with Crippen molar-refractivity contribution in [3.8, 4) is 22.6 Å². The second-order valence-corrected chi connectivity index (χ2v) is 6.04. The summed E-state index contributed by atoms with van der Waals surface area (Å²) in [4.78, 5) is 4.27. The van der Waals surface area contributed by atoms with Gasteiger partial charge in [0.1, 0.15) is 5.82 Å². The summed E-state index contributed by atoms with van der Waals surface area (Å²) < 4.78 is 30.7. The highest BCUT2D eigenvalue weighted by atomic mass is 19.1. The van der Waals surface area contributed by atoms with E-state index in [0.29, 0.717) is 42.2 Å². The summed E-state index contributed by atoms with van der Waals surface area (Å²) in [5.74, 6) is 0.503. The maximum Gasteiger partial charge on any atom is 0.454 e. The number of pyridine rings is 1. The molecule has 2 heterocycles. The number of hydrogen-bond acceptors (Lipinski definition) is 5. The lowest BCUT2D eigenvalue weighted by molar-refractivity contribution is 0.292. The first-order chi connectivity index (χ1) is 12.0. The van der Waals surface area contributed by atoms with E-state index in [0.717, 1.165) is 11.1 Å². The van der Waals surface area contributed by atoms with Crippen molar-refractivity contribution in [3.05, 3.63) is 41.5 Å². The van der Waals surface area contributed by atoms with Gasteiger partial charge in [-0.05, 0) is 37.4 Å². The number of ether oxygens (including phenoxy) is 2. The minimum Gasteiger partial charge on any atom is -0.493 e. The zero-order valence-corrected chi connectivity index (χ0v) is 14.6. The second kappa shape index (κ2) is 7.41. The average molecular weight is 345 g/mol. The van der Waals surface area contributed by atoms with Crippen LogP contribution in [0.25, 0.3) is 11.1 Å². The molecule has 1 aliphatic heterocycles. The zero-order chi connectivity index (χ0) is 18.0. The van der Waals surface area contributed by atoms with Crippen molar-refractivity contribution in [1.82, 2.24) is 4.98 Å². The van der Waals surface area contributed by atoms with Crippen LogP contribution >= 0.6 is 0 Å². The third-order valence-corrected chi connectivity index (χ3v) is 4.51. The Bertz CT molecular complexity index is 771. The average Bonchev–Trinajstić information content (AvgIpc) is 3.03. The van der Waals surface area contributed by atoms with Crippen molar-refractivity contribution in [2.75, 3.05) is 20.3 Å². The van der Waals surface area contributed by atoms with Gasteiger partial charge in [-0.15, -0.1) is 0 Å². The van der Waals surface area contributed by atoms with Gasteiger partial charge in [0.15, 0.2) is 11.5 Å². The Hall–Kier alpha value is -2.12. The van der Waals surface area contributed by atoms with E-state index in [4.69, 9.17) is 14.1 Å². The van der Waals surface area contributed by atoms with E-state index in [1.807, 2.05) is 13.8 Å². The van der Waals surface area contributed by atoms with Gasteiger partial charge in [-0.2, -0.15) is 0 Å². The number of halogens is 1. The maximum absolute atomic E-state index is 14.7. The predicted molar refractivity (Wildman–Crippen MR) is 93.6 cm³/mol. The van der Waals surface area contributed by atoms with Crippen molar-refractivity contribution in [2.45, 2.75) is 26.1 Å². The van der Waals surface area contributed by atoms with Gasteiger partial charge in [0.25, 0.3) is 0 Å². The van der Waals surface area contributed by atoms with Crippen LogP contribution in [0.3, 0.4) is 0 Å². The summed E-state index contributed by atoms with van der Waals surface area (Å²) in [6.07, 6.45) is 3.92. The van der Waals surface area contributed by atoms with Gasteiger partial charge in [-0.1, -0.05) is 0 Å². The molecule has 2 aromatic rings.